The molecule has 3 heterocycles. The highest BCUT2D eigenvalue weighted by Crippen LogP contribution is 2.23. The van der Waals surface area contributed by atoms with Gasteiger partial charge in [0.2, 0.25) is 0 Å². The standard InChI is InChI=1S/C16H19N3O4/c20-15(21)6-5-11-3-1-7-19(10-11)16(22)13-9-12(17-18-13)14-4-2-8-23-14/h2,4,8-9,11H,1,3,5-7,10H2,(H,17,18)(H,20,21). The van der Waals surface area contributed by atoms with Gasteiger partial charge in [-0.2, -0.15) is 5.10 Å². The minimum Gasteiger partial charge on any atom is -0.481 e. The summed E-state index contributed by atoms with van der Waals surface area (Å²) in [6.07, 6.45) is 4.19. The van der Waals surface area contributed by atoms with E-state index in [2.05, 4.69) is 10.2 Å². The summed E-state index contributed by atoms with van der Waals surface area (Å²) >= 11 is 0. The zero-order chi connectivity index (χ0) is 16.2. The number of carbonyl (C=O) groups is 2. The molecule has 1 aliphatic heterocycles. The lowest BCUT2D eigenvalue weighted by atomic mass is 9.93. The van der Waals surface area contributed by atoms with Crippen LogP contribution in [0.1, 0.15) is 36.2 Å². The molecule has 2 aromatic heterocycles. The molecule has 1 amide bonds. The van der Waals surface area contributed by atoms with Crippen LogP contribution in [-0.4, -0.2) is 45.2 Å². The maximum Gasteiger partial charge on any atom is 0.303 e. The number of rotatable bonds is 5. The third-order valence-corrected chi connectivity index (χ3v) is 4.16. The molecule has 1 saturated heterocycles. The molecular weight excluding hydrogens is 298 g/mol. The van der Waals surface area contributed by atoms with Crippen molar-refractivity contribution in [1.29, 1.82) is 0 Å². The maximum atomic E-state index is 12.6. The second-order valence-electron chi connectivity index (χ2n) is 5.84. The molecule has 0 radical (unpaired) electrons. The van der Waals surface area contributed by atoms with Crippen LogP contribution in [0.5, 0.6) is 0 Å². The first kappa shape index (κ1) is 15.3. The van der Waals surface area contributed by atoms with Crippen LogP contribution >= 0.6 is 0 Å². The van der Waals surface area contributed by atoms with Crippen LogP contribution in [0, 0.1) is 5.92 Å². The van der Waals surface area contributed by atoms with Crippen LogP contribution in [0.15, 0.2) is 28.9 Å². The van der Waals surface area contributed by atoms with E-state index in [0.29, 0.717) is 36.7 Å². The van der Waals surface area contributed by atoms with Gasteiger partial charge in [0.1, 0.15) is 5.69 Å². The third-order valence-electron chi connectivity index (χ3n) is 4.16. The van der Waals surface area contributed by atoms with E-state index in [-0.39, 0.29) is 18.2 Å². The Hall–Kier alpha value is -2.57. The first-order valence-electron chi connectivity index (χ1n) is 7.74. The number of carbonyl (C=O) groups excluding carboxylic acids is 1. The second kappa shape index (κ2) is 6.68. The van der Waals surface area contributed by atoms with Gasteiger partial charge in [0.25, 0.3) is 5.91 Å². The molecule has 1 atom stereocenters. The number of aliphatic carboxylic acids is 1. The van der Waals surface area contributed by atoms with Gasteiger partial charge in [0.15, 0.2) is 11.5 Å². The molecule has 0 spiro atoms. The fraction of sp³-hybridized carbons (Fsp3) is 0.438. The number of piperidine rings is 1. The average Bonchev–Trinajstić information content (AvgIpc) is 3.23. The molecule has 122 valence electrons. The molecule has 23 heavy (non-hydrogen) atoms. The molecule has 0 bridgehead atoms. The molecule has 1 aliphatic rings. The number of furan rings is 1. The van der Waals surface area contributed by atoms with Gasteiger partial charge in [-0.25, -0.2) is 0 Å². The number of likely N-dealkylation sites (tertiary alicyclic amines) is 1. The second-order valence-corrected chi connectivity index (χ2v) is 5.84. The number of carboxylic acid groups (broad SMARTS) is 1. The van der Waals surface area contributed by atoms with Crippen LogP contribution < -0.4 is 0 Å². The number of H-pyrrole nitrogens is 1. The molecule has 1 fully saturated rings. The molecule has 0 aromatic carbocycles. The number of hydrogen-bond acceptors (Lipinski definition) is 4. The molecule has 0 saturated carbocycles. The van der Waals surface area contributed by atoms with E-state index in [9.17, 15) is 9.59 Å². The first-order chi connectivity index (χ1) is 11.1. The van der Waals surface area contributed by atoms with Gasteiger partial charge >= 0.3 is 5.97 Å². The highest BCUT2D eigenvalue weighted by Gasteiger charge is 2.26. The van der Waals surface area contributed by atoms with Gasteiger partial charge in [-0.05, 0) is 37.3 Å². The van der Waals surface area contributed by atoms with Gasteiger partial charge < -0.3 is 14.4 Å². The number of aromatic amines is 1. The Bertz CT molecular complexity index is 677. The van der Waals surface area contributed by atoms with E-state index in [0.717, 1.165) is 12.8 Å². The molecule has 0 aliphatic carbocycles. The van der Waals surface area contributed by atoms with Crippen LogP contribution in [0.3, 0.4) is 0 Å². The highest BCUT2D eigenvalue weighted by molar-refractivity contribution is 5.93. The van der Waals surface area contributed by atoms with E-state index in [1.54, 1.807) is 29.4 Å². The summed E-state index contributed by atoms with van der Waals surface area (Å²) in [5, 5.41) is 15.7. The van der Waals surface area contributed by atoms with Crippen molar-refractivity contribution in [2.24, 2.45) is 5.92 Å². The predicted molar refractivity (Wildman–Crippen MR) is 81.8 cm³/mol. The summed E-state index contributed by atoms with van der Waals surface area (Å²) in [4.78, 5) is 25.0. The lowest BCUT2D eigenvalue weighted by Gasteiger charge is -2.32. The summed E-state index contributed by atoms with van der Waals surface area (Å²) in [7, 11) is 0. The fourth-order valence-corrected chi connectivity index (χ4v) is 2.96. The van der Waals surface area contributed by atoms with E-state index < -0.39 is 5.97 Å². The minimum atomic E-state index is -0.788. The van der Waals surface area contributed by atoms with Crippen molar-refractivity contribution in [2.45, 2.75) is 25.7 Å². The van der Waals surface area contributed by atoms with Crippen molar-refractivity contribution in [3.05, 3.63) is 30.2 Å². The quantitative estimate of drug-likeness (QED) is 0.882. The van der Waals surface area contributed by atoms with Crippen molar-refractivity contribution in [1.82, 2.24) is 15.1 Å². The lowest BCUT2D eigenvalue weighted by Crippen LogP contribution is -2.40. The highest BCUT2D eigenvalue weighted by atomic mass is 16.4. The van der Waals surface area contributed by atoms with E-state index in [1.165, 1.54) is 0 Å². The zero-order valence-corrected chi connectivity index (χ0v) is 12.7. The van der Waals surface area contributed by atoms with E-state index in [4.69, 9.17) is 9.52 Å². The number of nitrogens with zero attached hydrogens (tertiary/aromatic N) is 2. The van der Waals surface area contributed by atoms with Crippen LogP contribution in [0.25, 0.3) is 11.5 Å². The fourth-order valence-electron chi connectivity index (χ4n) is 2.96. The normalized spacial score (nSPS) is 18.1. The van der Waals surface area contributed by atoms with Gasteiger partial charge in [-0.1, -0.05) is 0 Å². The first-order valence-corrected chi connectivity index (χ1v) is 7.74. The molecule has 7 nitrogen and oxygen atoms in total. The average molecular weight is 317 g/mol. The number of hydrogen-bond donors (Lipinski definition) is 2. The number of amides is 1. The minimum absolute atomic E-state index is 0.126. The summed E-state index contributed by atoms with van der Waals surface area (Å²) in [6.45, 7) is 1.28. The Morgan fingerprint density at radius 1 is 1.48 bits per heavy atom. The zero-order valence-electron chi connectivity index (χ0n) is 12.7. The molecule has 3 rings (SSSR count). The monoisotopic (exact) mass is 317 g/mol. The third kappa shape index (κ3) is 3.61. The lowest BCUT2D eigenvalue weighted by molar-refractivity contribution is -0.137. The van der Waals surface area contributed by atoms with E-state index >= 15 is 0 Å². The van der Waals surface area contributed by atoms with Gasteiger partial charge in [0.05, 0.1) is 6.26 Å². The SMILES string of the molecule is O=C(O)CCC1CCCN(C(=O)c2cc(-c3ccco3)[nH]n2)C1. The Balaban J connectivity index is 1.64. The van der Waals surface area contributed by atoms with Crippen LogP contribution in [0.2, 0.25) is 0 Å². The van der Waals surface area contributed by atoms with Crippen molar-refractivity contribution in [3.8, 4) is 11.5 Å². The van der Waals surface area contributed by atoms with Crippen molar-refractivity contribution >= 4 is 11.9 Å². The van der Waals surface area contributed by atoms with E-state index in [1.807, 2.05) is 0 Å². The molecular formula is C16H19N3O4. The maximum absolute atomic E-state index is 12.6. The van der Waals surface area contributed by atoms with Crippen molar-refractivity contribution < 1.29 is 19.1 Å². The summed E-state index contributed by atoms with van der Waals surface area (Å²) in [5.74, 6) is -0.0373. The van der Waals surface area contributed by atoms with Crippen LogP contribution in [-0.2, 0) is 4.79 Å². The molecule has 1 unspecified atom stereocenters. The number of carboxylic acids is 1. The molecule has 7 heteroatoms. The Kier molecular flexibility index (Phi) is 4.45. The summed E-state index contributed by atoms with van der Waals surface area (Å²) < 4.78 is 5.28. The van der Waals surface area contributed by atoms with Gasteiger partial charge in [0, 0.05) is 25.6 Å². The number of nitrogens with one attached hydrogen (secondary N) is 1. The Labute approximate surface area is 133 Å². The van der Waals surface area contributed by atoms with Crippen LogP contribution in [0.4, 0.5) is 0 Å². The Morgan fingerprint density at radius 3 is 3.09 bits per heavy atom. The topological polar surface area (TPSA) is 99.4 Å². The smallest absolute Gasteiger partial charge is 0.303 e. The molecule has 2 aromatic rings. The Morgan fingerprint density at radius 2 is 2.35 bits per heavy atom. The van der Waals surface area contributed by atoms with Crippen molar-refractivity contribution in [2.75, 3.05) is 13.1 Å². The predicted octanol–water partition coefficient (Wildman–Crippen LogP) is 2.39. The van der Waals surface area contributed by atoms with Gasteiger partial charge in [-0.3, -0.25) is 14.7 Å². The van der Waals surface area contributed by atoms with Gasteiger partial charge in [-0.15, -0.1) is 0 Å². The summed E-state index contributed by atoms with van der Waals surface area (Å²) in [6, 6.07) is 5.25. The summed E-state index contributed by atoms with van der Waals surface area (Å²) in [5.41, 5.74) is 1.02. The van der Waals surface area contributed by atoms with Crippen molar-refractivity contribution in [3.63, 3.8) is 0 Å². The molecule has 2 N–H and O–H groups in total. The number of aromatic nitrogens is 2. The largest absolute Gasteiger partial charge is 0.481 e.